The molecule has 0 unspecified atom stereocenters. The van der Waals surface area contributed by atoms with Crippen LogP contribution in [0.1, 0.15) is 67.8 Å². The molecule has 4 aromatic carbocycles. The molecule has 0 spiro atoms. The van der Waals surface area contributed by atoms with Gasteiger partial charge in [0.1, 0.15) is 0 Å². The predicted molar refractivity (Wildman–Crippen MR) is 291 cm³/mol. The Morgan fingerprint density at radius 2 is 0.408 bits per heavy atom. The summed E-state index contributed by atoms with van der Waals surface area (Å²) < 4.78 is 4.02. The molecule has 12 rings (SSSR count). The third-order valence-electron chi connectivity index (χ3n) is 10.8. The SMILES string of the molecule is Brc1ccc([C+]2c3ccc([n-]3)[C+](c3ccc(Br)cc3)c3ccc([n-]3)[C+](c3ccc(Br)cc3)c3ccc([n-]3)[C+](c3ccc(Br)cc3)c3ccc2[n-]3)cc1.[Zn].c1ccncc1.c1ccncc1.c1ccncc1. The summed E-state index contributed by atoms with van der Waals surface area (Å²) in [6, 6.07) is 67.1. The molecule has 7 aromatic heterocycles. The van der Waals surface area contributed by atoms with Gasteiger partial charge in [-0.1, -0.05) is 18.2 Å². The summed E-state index contributed by atoms with van der Waals surface area (Å²) in [6.07, 6.45) is 10.5. The van der Waals surface area contributed by atoms with Crippen LogP contribution in [0.3, 0.4) is 0 Å². The van der Waals surface area contributed by atoms with Gasteiger partial charge in [-0.05, 0) is 194 Å². The average Bonchev–Trinajstić information content (AvgIpc) is 4.27. The fraction of sp³-hybridized carbons (Fsp3) is 0. The Hall–Kier alpha value is -6.53. The molecule has 0 saturated heterocycles. The minimum atomic E-state index is 0. The van der Waals surface area contributed by atoms with Gasteiger partial charge in [-0.3, -0.25) is 15.0 Å². The van der Waals surface area contributed by atoms with Crippen LogP contribution in [0.5, 0.6) is 0 Å². The van der Waals surface area contributed by atoms with Crippen LogP contribution in [0, 0.1) is 23.7 Å². The van der Waals surface area contributed by atoms with Crippen molar-refractivity contribution in [3.63, 3.8) is 0 Å². The number of benzene rings is 4. The van der Waals surface area contributed by atoms with Gasteiger partial charge >= 0.3 is 0 Å². The van der Waals surface area contributed by atoms with Crippen molar-refractivity contribution < 1.29 is 19.5 Å². The fourth-order valence-electron chi connectivity index (χ4n) is 7.67. The first-order valence-corrected chi connectivity index (χ1v) is 25.2. The first kappa shape index (κ1) is 50.8. The monoisotopic (exact) mass is 1220 g/mol. The van der Waals surface area contributed by atoms with Gasteiger partial charge in [0, 0.05) is 195 Å². The van der Waals surface area contributed by atoms with Crippen LogP contribution < -0.4 is 19.9 Å². The van der Waals surface area contributed by atoms with E-state index in [9.17, 15) is 0 Å². The molecule has 12 heteroatoms. The van der Waals surface area contributed by atoms with E-state index >= 15 is 0 Å². The Morgan fingerprint density at radius 1 is 0.239 bits per heavy atom. The Kier molecular flexibility index (Phi) is 17.9. The molecule has 11 aromatic rings. The number of fused-ring (bicyclic) bond motifs is 8. The van der Waals surface area contributed by atoms with Gasteiger partial charge in [-0.15, -0.1) is 0 Å². The quantitative estimate of drug-likeness (QED) is 0.128. The molecular formula is C59H39Br4N7Zn. The minimum absolute atomic E-state index is 0. The van der Waals surface area contributed by atoms with E-state index in [0.29, 0.717) is 0 Å². The molecule has 71 heavy (non-hydrogen) atoms. The maximum atomic E-state index is 5.34. The molecule has 0 atom stereocenters. The van der Waals surface area contributed by atoms with E-state index in [1.165, 1.54) is 0 Å². The van der Waals surface area contributed by atoms with Crippen LogP contribution in [-0.2, 0) is 19.5 Å². The van der Waals surface area contributed by atoms with Crippen molar-refractivity contribution in [2.45, 2.75) is 0 Å². The Labute approximate surface area is 460 Å². The summed E-state index contributed by atoms with van der Waals surface area (Å²) in [6.45, 7) is 0. The summed E-state index contributed by atoms with van der Waals surface area (Å²) in [5.41, 5.74) is 10.7. The predicted octanol–water partition coefficient (Wildman–Crippen LogP) is 14.2. The van der Waals surface area contributed by atoms with E-state index in [2.05, 4.69) is 224 Å². The molecule has 0 N–H and O–H groups in total. The summed E-state index contributed by atoms with van der Waals surface area (Å²) in [5, 5.41) is 0. The second-order valence-corrected chi connectivity index (χ2v) is 19.1. The molecule has 0 amide bonds. The van der Waals surface area contributed by atoms with Gasteiger partial charge in [-0.25, -0.2) is 0 Å². The second-order valence-electron chi connectivity index (χ2n) is 15.5. The minimum Gasteiger partial charge on any atom is -0.628 e. The molecule has 0 fully saturated rings. The number of hydrogen-bond acceptors (Lipinski definition) is 3. The molecule has 1 aliphatic rings. The van der Waals surface area contributed by atoms with E-state index in [-0.39, 0.29) is 19.5 Å². The van der Waals surface area contributed by atoms with E-state index < -0.39 is 0 Å². The zero-order valence-corrected chi connectivity index (χ0v) is 47.2. The average molecular weight is 1230 g/mol. The van der Waals surface area contributed by atoms with Gasteiger partial charge in [0.05, 0.1) is 22.3 Å². The zero-order chi connectivity index (χ0) is 48.1. The molecule has 8 heterocycles. The standard InChI is InChI=1S/C44H24Br4N4.3C5H5N.Zn/c45-29-9-1-25(2-10-29)41-33-17-19-35(49-33)42(26-3-11-30(46)12-4-26)37-21-23-39(51-37)44(28-7-15-32(48)16-8-28)40-24-22-38(52-40)43(36-20-18-34(41)50-36)27-5-13-31(47)14-6-27;3*1-2-4-6-5-3-1;/h1-24H;3*1-5H;. The number of pyridine rings is 3. The van der Waals surface area contributed by atoms with Crippen molar-refractivity contribution in [2.75, 3.05) is 0 Å². The van der Waals surface area contributed by atoms with Crippen molar-refractivity contribution in [3.8, 4) is 0 Å². The van der Waals surface area contributed by atoms with Crippen LogP contribution in [0.4, 0.5) is 0 Å². The van der Waals surface area contributed by atoms with E-state index in [1.807, 2.05) is 54.6 Å². The molecular weight excluding hydrogens is 1190 g/mol. The van der Waals surface area contributed by atoms with Crippen LogP contribution in [0.2, 0.25) is 0 Å². The van der Waals surface area contributed by atoms with Crippen LogP contribution in [-0.4, -0.2) is 15.0 Å². The Morgan fingerprint density at radius 3 is 0.535 bits per heavy atom. The topological polar surface area (TPSA) is 95.1 Å². The fourth-order valence-corrected chi connectivity index (χ4v) is 8.73. The van der Waals surface area contributed by atoms with Crippen molar-refractivity contribution in [2.24, 2.45) is 0 Å². The van der Waals surface area contributed by atoms with Crippen molar-refractivity contribution in [1.29, 1.82) is 0 Å². The van der Waals surface area contributed by atoms with E-state index in [4.69, 9.17) is 19.9 Å². The normalized spacial score (nSPS) is 11.4. The number of nitrogens with zero attached hydrogens (tertiary/aromatic N) is 7. The maximum Gasteiger partial charge on any atom is 0.0769 e. The summed E-state index contributed by atoms with van der Waals surface area (Å²) >= 11 is 14.5. The van der Waals surface area contributed by atoms with Crippen LogP contribution in [0.15, 0.2) is 255 Å². The van der Waals surface area contributed by atoms with E-state index in [0.717, 1.165) is 109 Å². The summed E-state index contributed by atoms with van der Waals surface area (Å²) in [7, 11) is 0. The van der Waals surface area contributed by atoms with Gasteiger partial charge in [0.25, 0.3) is 0 Å². The van der Waals surface area contributed by atoms with Gasteiger partial charge < -0.3 is 19.9 Å². The van der Waals surface area contributed by atoms with Gasteiger partial charge in [0.15, 0.2) is 0 Å². The molecule has 0 aliphatic carbocycles. The van der Waals surface area contributed by atoms with Crippen molar-refractivity contribution >= 4 is 63.7 Å². The van der Waals surface area contributed by atoms with Gasteiger partial charge in [-0.2, -0.15) is 0 Å². The van der Waals surface area contributed by atoms with Gasteiger partial charge in [0.2, 0.25) is 0 Å². The zero-order valence-electron chi connectivity index (χ0n) is 37.9. The van der Waals surface area contributed by atoms with E-state index in [1.54, 1.807) is 37.2 Å². The molecule has 7 nitrogen and oxygen atoms in total. The smallest absolute Gasteiger partial charge is 0.0769 e. The van der Waals surface area contributed by atoms with Crippen LogP contribution >= 0.6 is 63.7 Å². The molecule has 0 saturated carbocycles. The first-order valence-electron chi connectivity index (χ1n) is 22.0. The van der Waals surface area contributed by atoms with Crippen molar-refractivity contribution in [1.82, 2.24) is 34.9 Å². The van der Waals surface area contributed by atoms with Crippen LogP contribution in [0.25, 0.3) is 0 Å². The summed E-state index contributed by atoms with van der Waals surface area (Å²) in [5.74, 6) is 3.78. The van der Waals surface area contributed by atoms with Crippen molar-refractivity contribution in [3.05, 3.63) is 347 Å². The Bertz CT molecular complexity index is 2690. The number of rotatable bonds is 4. The number of aromatic nitrogens is 7. The Balaban J connectivity index is 0.000000298. The molecule has 1 aliphatic heterocycles. The number of hydrogen-bond donors (Lipinski definition) is 0. The number of halogens is 4. The second kappa shape index (κ2) is 25.0. The third-order valence-corrected chi connectivity index (χ3v) is 13.0. The first-order chi connectivity index (χ1) is 34.4. The maximum absolute atomic E-state index is 5.34. The molecule has 8 bridgehead atoms. The molecule has 0 radical (unpaired) electrons. The largest absolute Gasteiger partial charge is 0.628 e. The molecule has 340 valence electrons. The summed E-state index contributed by atoms with van der Waals surface area (Å²) in [4.78, 5) is 32.7. The third kappa shape index (κ3) is 13.1.